The maximum Gasteiger partial charge on any atom is 0.404 e. The zero-order chi connectivity index (χ0) is 15.6. The number of rotatable bonds is 5. The minimum absolute atomic E-state index is 0.0126. The van der Waals surface area contributed by atoms with Gasteiger partial charge >= 0.3 is 6.18 Å². The van der Waals surface area contributed by atoms with E-state index in [1.54, 1.807) is 0 Å². The fourth-order valence-electron chi connectivity index (χ4n) is 2.64. The van der Waals surface area contributed by atoms with E-state index in [1.807, 2.05) is 32.8 Å². The van der Waals surface area contributed by atoms with E-state index in [2.05, 4.69) is 10.6 Å². The monoisotopic (exact) mass is 295 g/mol. The molecule has 1 rings (SSSR count). The van der Waals surface area contributed by atoms with Crippen molar-refractivity contribution in [3.8, 4) is 0 Å². The highest BCUT2D eigenvalue weighted by molar-refractivity contribution is 5.84. The van der Waals surface area contributed by atoms with Crippen LogP contribution in [0.15, 0.2) is 0 Å². The van der Waals surface area contributed by atoms with Crippen molar-refractivity contribution in [2.75, 3.05) is 33.7 Å². The molecule has 7 heteroatoms. The van der Waals surface area contributed by atoms with Gasteiger partial charge in [-0.15, -0.1) is 0 Å². The first-order valence-corrected chi connectivity index (χ1v) is 6.84. The first kappa shape index (κ1) is 17.2. The third-order valence-corrected chi connectivity index (χ3v) is 4.04. The predicted molar refractivity (Wildman–Crippen MR) is 71.3 cm³/mol. The molecule has 0 bridgehead atoms. The normalized spacial score (nSPS) is 25.2. The third-order valence-electron chi connectivity index (χ3n) is 4.04. The van der Waals surface area contributed by atoms with Crippen LogP contribution in [0.25, 0.3) is 0 Å². The molecule has 1 amide bonds. The summed E-state index contributed by atoms with van der Waals surface area (Å²) in [5, 5.41) is 5.14. The lowest BCUT2D eigenvalue weighted by Crippen LogP contribution is -2.54. The number of halogens is 3. The van der Waals surface area contributed by atoms with E-state index in [9.17, 15) is 18.0 Å². The molecule has 2 N–H and O–H groups in total. The average Bonchev–Trinajstić information content (AvgIpc) is 2.77. The Morgan fingerprint density at radius 3 is 2.35 bits per heavy atom. The Bertz CT molecular complexity index is 328. The van der Waals surface area contributed by atoms with Crippen LogP contribution in [0.1, 0.15) is 20.3 Å². The molecule has 1 heterocycles. The molecule has 0 radical (unpaired) electrons. The first-order chi connectivity index (χ1) is 9.12. The van der Waals surface area contributed by atoms with E-state index >= 15 is 0 Å². The fourth-order valence-corrected chi connectivity index (χ4v) is 2.64. The summed E-state index contributed by atoms with van der Waals surface area (Å²) in [4.78, 5) is 14.0. The van der Waals surface area contributed by atoms with Gasteiger partial charge in [-0.05, 0) is 33.0 Å². The lowest BCUT2D eigenvalue weighted by Gasteiger charge is -2.32. The number of likely N-dealkylation sites (N-methyl/N-ethyl adjacent to an activating group) is 1. The van der Waals surface area contributed by atoms with Crippen molar-refractivity contribution in [2.24, 2.45) is 11.3 Å². The number of hydrogen-bond donors (Lipinski definition) is 2. The number of amides is 1. The Kier molecular flexibility index (Phi) is 5.43. The number of nitrogens with one attached hydrogen (secondary N) is 2. The highest BCUT2D eigenvalue weighted by atomic mass is 19.4. The van der Waals surface area contributed by atoms with E-state index in [1.165, 1.54) is 0 Å². The number of carbonyl (C=O) groups excluding carboxylic acids is 1. The lowest BCUT2D eigenvalue weighted by molar-refractivity contribution is -0.216. The van der Waals surface area contributed by atoms with E-state index in [-0.39, 0.29) is 38.0 Å². The van der Waals surface area contributed by atoms with Crippen LogP contribution in [0, 0.1) is 11.3 Å². The van der Waals surface area contributed by atoms with Gasteiger partial charge in [-0.1, -0.05) is 13.8 Å². The summed E-state index contributed by atoms with van der Waals surface area (Å²) in [5.74, 6) is -0.670. The summed E-state index contributed by atoms with van der Waals surface area (Å²) in [6.07, 6.45) is -4.72. The van der Waals surface area contributed by atoms with E-state index in [0.717, 1.165) is 0 Å². The van der Waals surface area contributed by atoms with Crippen LogP contribution in [0.5, 0.6) is 0 Å². The molecule has 1 aliphatic rings. The second-order valence-corrected chi connectivity index (χ2v) is 5.99. The van der Waals surface area contributed by atoms with Gasteiger partial charge in [-0.2, -0.15) is 13.2 Å². The molecular weight excluding hydrogens is 271 g/mol. The largest absolute Gasteiger partial charge is 0.404 e. The van der Waals surface area contributed by atoms with Gasteiger partial charge in [0.25, 0.3) is 0 Å². The third kappa shape index (κ3) is 3.44. The standard InChI is InChI=1S/C13H24F3N3O/c1-9(2)10(19(3)4)7-18-11(20)12(13(14,15)16)5-6-17-8-12/h9-10,17H,5-8H2,1-4H3,(H,18,20). The van der Waals surface area contributed by atoms with Crippen LogP contribution in [0.3, 0.4) is 0 Å². The van der Waals surface area contributed by atoms with Gasteiger partial charge in [-0.25, -0.2) is 0 Å². The van der Waals surface area contributed by atoms with Crippen molar-refractivity contribution in [3.05, 3.63) is 0 Å². The number of alkyl halides is 3. The Hall–Kier alpha value is -0.820. The number of nitrogens with zero attached hydrogens (tertiary/aromatic N) is 1. The molecule has 118 valence electrons. The SMILES string of the molecule is CC(C)C(CNC(=O)C1(C(F)(F)F)CCNC1)N(C)C. The van der Waals surface area contributed by atoms with Crippen molar-refractivity contribution in [1.82, 2.24) is 15.5 Å². The molecule has 20 heavy (non-hydrogen) atoms. The summed E-state index contributed by atoms with van der Waals surface area (Å²) < 4.78 is 39.6. The quantitative estimate of drug-likeness (QED) is 0.802. The van der Waals surface area contributed by atoms with Gasteiger partial charge < -0.3 is 15.5 Å². The molecule has 0 aromatic rings. The zero-order valence-electron chi connectivity index (χ0n) is 12.5. The van der Waals surface area contributed by atoms with Gasteiger partial charge in [0, 0.05) is 19.1 Å². The van der Waals surface area contributed by atoms with Gasteiger partial charge in [0.1, 0.15) is 0 Å². The Morgan fingerprint density at radius 1 is 1.40 bits per heavy atom. The van der Waals surface area contributed by atoms with Crippen molar-refractivity contribution >= 4 is 5.91 Å². The second-order valence-electron chi connectivity index (χ2n) is 5.99. The van der Waals surface area contributed by atoms with Crippen LogP contribution in [-0.4, -0.2) is 56.8 Å². The maximum absolute atomic E-state index is 13.2. The first-order valence-electron chi connectivity index (χ1n) is 6.84. The highest BCUT2D eigenvalue weighted by Crippen LogP contribution is 2.43. The summed E-state index contributed by atoms with van der Waals surface area (Å²) >= 11 is 0. The van der Waals surface area contributed by atoms with E-state index in [0.29, 0.717) is 0 Å². The molecule has 2 atom stereocenters. The van der Waals surface area contributed by atoms with Gasteiger partial charge in [0.2, 0.25) is 5.91 Å². The molecule has 4 nitrogen and oxygen atoms in total. The topological polar surface area (TPSA) is 44.4 Å². The fraction of sp³-hybridized carbons (Fsp3) is 0.923. The minimum Gasteiger partial charge on any atom is -0.354 e. The highest BCUT2D eigenvalue weighted by Gasteiger charge is 2.61. The smallest absolute Gasteiger partial charge is 0.354 e. The predicted octanol–water partition coefficient (Wildman–Crippen LogP) is 1.23. The van der Waals surface area contributed by atoms with Gasteiger partial charge in [-0.3, -0.25) is 4.79 Å². The number of hydrogen-bond acceptors (Lipinski definition) is 3. The molecule has 2 unspecified atom stereocenters. The lowest BCUT2D eigenvalue weighted by atomic mass is 9.85. The summed E-state index contributed by atoms with van der Waals surface area (Å²) in [6.45, 7) is 4.06. The van der Waals surface area contributed by atoms with Crippen molar-refractivity contribution in [2.45, 2.75) is 32.5 Å². The van der Waals surface area contributed by atoms with Crippen LogP contribution in [-0.2, 0) is 4.79 Å². The van der Waals surface area contributed by atoms with Gasteiger partial charge in [0.05, 0.1) is 0 Å². The molecule has 1 aliphatic heterocycles. The van der Waals surface area contributed by atoms with Crippen molar-refractivity contribution in [3.63, 3.8) is 0 Å². The van der Waals surface area contributed by atoms with Gasteiger partial charge in [0.15, 0.2) is 5.41 Å². The Labute approximate surface area is 118 Å². The molecule has 0 aliphatic carbocycles. The van der Waals surface area contributed by atoms with Crippen LogP contribution in [0.4, 0.5) is 13.2 Å². The minimum atomic E-state index is -4.52. The average molecular weight is 295 g/mol. The Balaban J connectivity index is 2.74. The maximum atomic E-state index is 13.2. The molecule has 0 spiro atoms. The summed E-state index contributed by atoms with van der Waals surface area (Å²) in [6, 6.07) is 0.0126. The molecule has 1 saturated heterocycles. The molecular formula is C13H24F3N3O. The molecule has 0 aromatic carbocycles. The molecule has 0 aromatic heterocycles. The van der Waals surface area contributed by atoms with Crippen LogP contribution < -0.4 is 10.6 Å². The van der Waals surface area contributed by atoms with Crippen LogP contribution >= 0.6 is 0 Å². The van der Waals surface area contributed by atoms with Crippen LogP contribution in [0.2, 0.25) is 0 Å². The zero-order valence-corrected chi connectivity index (χ0v) is 12.5. The van der Waals surface area contributed by atoms with Crippen molar-refractivity contribution < 1.29 is 18.0 Å². The Morgan fingerprint density at radius 2 is 2.00 bits per heavy atom. The molecule has 1 fully saturated rings. The van der Waals surface area contributed by atoms with Crippen molar-refractivity contribution in [1.29, 1.82) is 0 Å². The summed E-state index contributed by atoms with van der Waals surface area (Å²) in [7, 11) is 3.71. The molecule has 0 saturated carbocycles. The second kappa shape index (κ2) is 6.30. The van der Waals surface area contributed by atoms with E-state index in [4.69, 9.17) is 0 Å². The number of carbonyl (C=O) groups is 1. The van der Waals surface area contributed by atoms with E-state index < -0.39 is 17.5 Å². The summed E-state index contributed by atoms with van der Waals surface area (Å²) in [5.41, 5.74) is -2.28.